The molecule has 0 bridgehead atoms. The Morgan fingerprint density at radius 3 is 2.79 bits per heavy atom. The second kappa shape index (κ2) is 6.89. The van der Waals surface area contributed by atoms with Crippen LogP contribution in [0.3, 0.4) is 0 Å². The molecule has 1 atom stereocenters. The average Bonchev–Trinajstić information content (AvgIpc) is 2.98. The Balaban J connectivity index is 1.70. The van der Waals surface area contributed by atoms with E-state index in [1.54, 1.807) is 10.9 Å². The van der Waals surface area contributed by atoms with E-state index >= 15 is 0 Å². The molecule has 0 saturated carbocycles. The van der Waals surface area contributed by atoms with Gasteiger partial charge in [-0.3, -0.25) is 0 Å². The molecule has 100 valence electrons. The number of benzene rings is 1. The largest absolute Gasteiger partial charge is 0.493 e. The van der Waals surface area contributed by atoms with Gasteiger partial charge in [-0.15, -0.1) is 11.3 Å². The van der Waals surface area contributed by atoms with Crippen LogP contribution in [-0.4, -0.2) is 24.2 Å². The van der Waals surface area contributed by atoms with E-state index in [0.717, 1.165) is 5.75 Å². The van der Waals surface area contributed by atoms with Crippen molar-refractivity contribution >= 4 is 17.3 Å². The van der Waals surface area contributed by atoms with Crippen molar-refractivity contribution in [1.29, 1.82) is 0 Å². The van der Waals surface area contributed by atoms with Crippen LogP contribution in [0.4, 0.5) is 0 Å². The number of aromatic nitrogens is 1. The topological polar surface area (TPSA) is 48.4 Å². The Morgan fingerprint density at radius 2 is 2.11 bits per heavy atom. The van der Waals surface area contributed by atoms with Crippen LogP contribution in [0.2, 0.25) is 0 Å². The molecule has 1 heterocycles. The number of thiazole rings is 1. The summed E-state index contributed by atoms with van der Waals surface area (Å²) in [4.78, 5) is 15.5. The first-order valence-corrected chi connectivity index (χ1v) is 6.93. The molecule has 0 spiro atoms. The van der Waals surface area contributed by atoms with E-state index in [4.69, 9.17) is 9.47 Å². The van der Waals surface area contributed by atoms with Crippen molar-refractivity contribution in [3.05, 3.63) is 46.9 Å². The molecule has 0 saturated heterocycles. The molecule has 4 nitrogen and oxygen atoms in total. The maximum atomic E-state index is 11.6. The van der Waals surface area contributed by atoms with E-state index in [2.05, 4.69) is 4.98 Å². The molecule has 2 rings (SSSR count). The molecule has 19 heavy (non-hydrogen) atoms. The molecule has 0 amide bonds. The highest BCUT2D eigenvalue weighted by Gasteiger charge is 2.11. The summed E-state index contributed by atoms with van der Waals surface area (Å²) in [5.41, 5.74) is 1.97. The molecule has 0 aliphatic heterocycles. The zero-order valence-electron chi connectivity index (χ0n) is 10.6. The van der Waals surface area contributed by atoms with Gasteiger partial charge in [0, 0.05) is 11.3 Å². The summed E-state index contributed by atoms with van der Waals surface area (Å²) in [6.07, 6.45) is 0. The minimum absolute atomic E-state index is 0.128. The van der Waals surface area contributed by atoms with Crippen LogP contribution in [0, 0.1) is 5.92 Å². The van der Waals surface area contributed by atoms with Crippen molar-refractivity contribution in [2.45, 2.75) is 6.92 Å². The number of hydrogen-bond donors (Lipinski definition) is 0. The lowest BCUT2D eigenvalue weighted by Crippen LogP contribution is -2.18. The first-order valence-electron chi connectivity index (χ1n) is 5.99. The zero-order chi connectivity index (χ0) is 13.5. The Kier molecular flexibility index (Phi) is 4.92. The second-order valence-corrected chi connectivity index (χ2v) is 4.92. The fourth-order valence-electron chi connectivity index (χ4n) is 1.41. The smallest absolute Gasteiger partial charge is 0.357 e. The molecule has 5 heteroatoms. The highest BCUT2D eigenvalue weighted by Crippen LogP contribution is 2.10. The van der Waals surface area contributed by atoms with Crippen LogP contribution < -0.4 is 4.74 Å². The quantitative estimate of drug-likeness (QED) is 0.762. The van der Waals surface area contributed by atoms with Crippen molar-refractivity contribution in [3.63, 3.8) is 0 Å². The first-order chi connectivity index (χ1) is 9.25. The number of ether oxygens (including phenoxy) is 2. The van der Waals surface area contributed by atoms with Gasteiger partial charge < -0.3 is 9.47 Å². The van der Waals surface area contributed by atoms with Crippen LogP contribution in [0.1, 0.15) is 17.4 Å². The molecule has 2 aromatic rings. The fraction of sp³-hybridized carbons (Fsp3) is 0.286. The molecular weight excluding hydrogens is 262 g/mol. The number of carbonyl (C=O) groups excluding carboxylic acids is 1. The van der Waals surface area contributed by atoms with Gasteiger partial charge in [-0.2, -0.15) is 0 Å². The Bertz CT molecular complexity index is 499. The second-order valence-electron chi connectivity index (χ2n) is 4.20. The monoisotopic (exact) mass is 277 g/mol. The van der Waals surface area contributed by atoms with E-state index < -0.39 is 0 Å². The summed E-state index contributed by atoms with van der Waals surface area (Å²) in [7, 11) is 0. The van der Waals surface area contributed by atoms with Gasteiger partial charge in [-0.1, -0.05) is 25.1 Å². The third-order valence-electron chi connectivity index (χ3n) is 2.42. The number of carbonyl (C=O) groups is 1. The van der Waals surface area contributed by atoms with Gasteiger partial charge in [-0.25, -0.2) is 9.78 Å². The minimum Gasteiger partial charge on any atom is -0.493 e. The van der Waals surface area contributed by atoms with Crippen LogP contribution in [-0.2, 0) is 4.74 Å². The van der Waals surface area contributed by atoms with Gasteiger partial charge in [0.05, 0.1) is 18.7 Å². The van der Waals surface area contributed by atoms with Gasteiger partial charge in [0.15, 0.2) is 5.69 Å². The van der Waals surface area contributed by atoms with Gasteiger partial charge in [0.1, 0.15) is 5.75 Å². The van der Waals surface area contributed by atoms with Crippen LogP contribution >= 0.6 is 11.3 Å². The number of esters is 1. The standard InChI is InChI=1S/C14H15NO3S/c1-11(7-17-12-5-3-2-4-6-12)8-18-14(16)13-9-19-10-15-13/h2-6,9-11H,7-8H2,1H3/t11-/m1/s1. The van der Waals surface area contributed by atoms with Crippen LogP contribution in [0.25, 0.3) is 0 Å². The lowest BCUT2D eigenvalue weighted by molar-refractivity contribution is 0.0409. The van der Waals surface area contributed by atoms with E-state index in [1.807, 2.05) is 37.3 Å². The Labute approximate surface area is 116 Å². The van der Waals surface area contributed by atoms with E-state index in [1.165, 1.54) is 11.3 Å². The van der Waals surface area contributed by atoms with Crippen molar-refractivity contribution in [2.24, 2.45) is 5.92 Å². The molecule has 0 N–H and O–H groups in total. The van der Waals surface area contributed by atoms with E-state index in [0.29, 0.717) is 18.9 Å². The lowest BCUT2D eigenvalue weighted by atomic mass is 10.2. The number of para-hydroxylation sites is 1. The summed E-state index contributed by atoms with van der Waals surface area (Å²) < 4.78 is 10.7. The third kappa shape index (κ3) is 4.37. The van der Waals surface area contributed by atoms with Crippen LogP contribution in [0.5, 0.6) is 5.75 Å². The number of hydrogen-bond acceptors (Lipinski definition) is 5. The molecule has 0 aliphatic rings. The average molecular weight is 277 g/mol. The highest BCUT2D eigenvalue weighted by molar-refractivity contribution is 7.07. The van der Waals surface area contributed by atoms with Crippen molar-refractivity contribution in [2.75, 3.05) is 13.2 Å². The van der Waals surface area contributed by atoms with Crippen molar-refractivity contribution in [3.8, 4) is 5.75 Å². The Hall–Kier alpha value is -1.88. The van der Waals surface area contributed by atoms with Gasteiger partial charge in [-0.05, 0) is 12.1 Å². The molecule has 0 aliphatic carbocycles. The minimum atomic E-state index is -0.382. The Morgan fingerprint density at radius 1 is 1.32 bits per heavy atom. The molecule has 0 unspecified atom stereocenters. The maximum absolute atomic E-state index is 11.6. The molecule has 1 aromatic carbocycles. The van der Waals surface area contributed by atoms with Crippen LogP contribution in [0.15, 0.2) is 41.2 Å². The SMILES string of the molecule is C[C@@H](COC(=O)c1cscn1)COc1ccccc1. The summed E-state index contributed by atoms with van der Waals surface area (Å²) in [6.45, 7) is 2.80. The molecular formula is C14H15NO3S. The summed E-state index contributed by atoms with van der Waals surface area (Å²) in [6, 6.07) is 9.57. The predicted molar refractivity (Wildman–Crippen MR) is 73.5 cm³/mol. The normalized spacial score (nSPS) is 11.8. The summed E-state index contributed by atoms with van der Waals surface area (Å²) in [5.74, 6) is 0.566. The fourth-order valence-corrected chi connectivity index (χ4v) is 1.93. The first kappa shape index (κ1) is 13.5. The summed E-state index contributed by atoms with van der Waals surface area (Å²) in [5, 5.41) is 1.67. The van der Waals surface area contributed by atoms with Crippen molar-refractivity contribution < 1.29 is 14.3 Å². The molecule has 0 fully saturated rings. The highest BCUT2D eigenvalue weighted by atomic mass is 32.1. The summed E-state index contributed by atoms with van der Waals surface area (Å²) >= 11 is 1.37. The van der Waals surface area contributed by atoms with E-state index in [9.17, 15) is 4.79 Å². The zero-order valence-corrected chi connectivity index (χ0v) is 11.4. The number of nitrogens with zero attached hydrogens (tertiary/aromatic N) is 1. The molecule has 0 radical (unpaired) electrons. The maximum Gasteiger partial charge on any atom is 0.357 e. The molecule has 1 aromatic heterocycles. The van der Waals surface area contributed by atoms with Gasteiger partial charge in [0.25, 0.3) is 0 Å². The predicted octanol–water partition coefficient (Wildman–Crippen LogP) is 3.02. The third-order valence-corrected chi connectivity index (χ3v) is 3.00. The van der Waals surface area contributed by atoms with Gasteiger partial charge >= 0.3 is 5.97 Å². The lowest BCUT2D eigenvalue weighted by Gasteiger charge is -2.13. The van der Waals surface area contributed by atoms with Crippen molar-refractivity contribution in [1.82, 2.24) is 4.98 Å². The number of rotatable bonds is 6. The van der Waals surface area contributed by atoms with E-state index in [-0.39, 0.29) is 11.9 Å². The van der Waals surface area contributed by atoms with Gasteiger partial charge in [0.2, 0.25) is 0 Å².